The van der Waals surface area contributed by atoms with E-state index in [0.717, 1.165) is 31.1 Å². The van der Waals surface area contributed by atoms with E-state index >= 15 is 0 Å². The molecule has 0 radical (unpaired) electrons. The normalized spacial score (nSPS) is 34.9. The van der Waals surface area contributed by atoms with E-state index in [1.54, 1.807) is 0 Å². The van der Waals surface area contributed by atoms with Crippen LogP contribution in [0.1, 0.15) is 39.0 Å². The summed E-state index contributed by atoms with van der Waals surface area (Å²) >= 11 is 0. The van der Waals surface area contributed by atoms with Gasteiger partial charge in [0.25, 0.3) is 0 Å². The number of piperidine rings is 1. The fourth-order valence-electron chi connectivity index (χ4n) is 3.04. The Kier molecular flexibility index (Phi) is 3.66. The molecule has 2 nitrogen and oxygen atoms in total. The average Bonchev–Trinajstić information content (AvgIpc) is 2.50. The highest BCUT2D eigenvalue weighted by Gasteiger charge is 2.37. The van der Waals surface area contributed by atoms with E-state index in [9.17, 15) is 0 Å². The second kappa shape index (κ2) is 5.01. The van der Waals surface area contributed by atoms with Crippen LogP contribution in [0.3, 0.4) is 0 Å². The molecule has 2 aliphatic rings. The Balaban J connectivity index is 1.74. The lowest BCUT2D eigenvalue weighted by atomic mass is 9.98. The maximum absolute atomic E-state index is 3.65. The zero-order valence-corrected chi connectivity index (χ0v) is 9.92. The molecular weight excluding hydrogens is 184 g/mol. The molecule has 0 aliphatic carbocycles. The monoisotopic (exact) mass is 206 g/mol. The van der Waals surface area contributed by atoms with Gasteiger partial charge in [-0.05, 0) is 39.7 Å². The number of hydrogen-bond acceptors (Lipinski definition) is 2. The lowest BCUT2D eigenvalue weighted by Gasteiger charge is -2.36. The highest BCUT2D eigenvalue weighted by Crippen LogP contribution is 2.33. The molecule has 2 saturated heterocycles. The van der Waals surface area contributed by atoms with Gasteiger partial charge in [0.2, 0.25) is 0 Å². The SMILES string of the molecule is CC#CCCNC1CC2CCC(C1)N2C. The summed E-state index contributed by atoms with van der Waals surface area (Å²) in [6.07, 6.45) is 6.50. The van der Waals surface area contributed by atoms with Crippen molar-refractivity contribution in [1.82, 2.24) is 10.2 Å². The minimum absolute atomic E-state index is 0.748. The highest BCUT2D eigenvalue weighted by molar-refractivity contribution is 4.98. The predicted molar refractivity (Wildman–Crippen MR) is 63.7 cm³/mol. The molecule has 0 aromatic carbocycles. The summed E-state index contributed by atoms with van der Waals surface area (Å²) in [4.78, 5) is 2.59. The fraction of sp³-hybridized carbons (Fsp3) is 0.846. The van der Waals surface area contributed by atoms with E-state index in [2.05, 4.69) is 29.1 Å². The van der Waals surface area contributed by atoms with E-state index in [-0.39, 0.29) is 0 Å². The van der Waals surface area contributed by atoms with Crippen molar-refractivity contribution in [1.29, 1.82) is 0 Å². The standard InChI is InChI=1S/C13H22N2/c1-3-4-5-8-14-11-9-12-6-7-13(10-11)15(12)2/h11-14H,5-10H2,1-2H3. The molecule has 2 rings (SSSR count). The summed E-state index contributed by atoms with van der Waals surface area (Å²) in [5.74, 6) is 6.06. The first-order valence-electron chi connectivity index (χ1n) is 6.16. The molecule has 2 unspecified atom stereocenters. The van der Waals surface area contributed by atoms with E-state index in [1.807, 2.05) is 6.92 Å². The number of nitrogens with one attached hydrogen (secondary N) is 1. The van der Waals surface area contributed by atoms with Crippen molar-refractivity contribution in [3.05, 3.63) is 0 Å². The number of rotatable bonds is 3. The predicted octanol–water partition coefficient (Wildman–Crippen LogP) is 1.61. The van der Waals surface area contributed by atoms with Crippen LogP contribution in [-0.4, -0.2) is 36.6 Å². The molecule has 0 aromatic heterocycles. The Morgan fingerprint density at radius 2 is 1.93 bits per heavy atom. The van der Waals surface area contributed by atoms with Crippen molar-refractivity contribution >= 4 is 0 Å². The molecule has 15 heavy (non-hydrogen) atoms. The van der Waals surface area contributed by atoms with Gasteiger partial charge >= 0.3 is 0 Å². The topological polar surface area (TPSA) is 15.3 Å². The lowest BCUT2D eigenvalue weighted by molar-refractivity contribution is 0.149. The summed E-state index contributed by atoms with van der Waals surface area (Å²) in [5, 5.41) is 3.65. The summed E-state index contributed by atoms with van der Waals surface area (Å²) in [7, 11) is 2.29. The molecule has 0 amide bonds. The summed E-state index contributed by atoms with van der Waals surface area (Å²) in [6.45, 7) is 2.98. The first-order valence-corrected chi connectivity index (χ1v) is 6.16. The molecule has 0 spiro atoms. The van der Waals surface area contributed by atoms with Crippen molar-refractivity contribution in [2.24, 2.45) is 0 Å². The van der Waals surface area contributed by atoms with E-state index in [0.29, 0.717) is 0 Å². The molecular formula is C13H22N2. The fourth-order valence-corrected chi connectivity index (χ4v) is 3.04. The zero-order valence-electron chi connectivity index (χ0n) is 9.92. The molecule has 2 fully saturated rings. The second-order valence-corrected chi connectivity index (χ2v) is 4.85. The first-order chi connectivity index (χ1) is 7.31. The van der Waals surface area contributed by atoms with E-state index in [1.165, 1.54) is 25.7 Å². The molecule has 0 aromatic rings. The Morgan fingerprint density at radius 3 is 2.53 bits per heavy atom. The minimum atomic E-state index is 0.748. The third kappa shape index (κ3) is 2.53. The Hall–Kier alpha value is -0.520. The molecule has 84 valence electrons. The van der Waals surface area contributed by atoms with Crippen molar-refractivity contribution in [3.8, 4) is 11.8 Å². The lowest BCUT2D eigenvalue weighted by Crippen LogP contribution is -2.47. The van der Waals surface area contributed by atoms with Gasteiger partial charge < -0.3 is 10.2 Å². The molecule has 2 heterocycles. The van der Waals surface area contributed by atoms with Crippen molar-refractivity contribution in [3.63, 3.8) is 0 Å². The van der Waals surface area contributed by atoms with Crippen LogP contribution in [0.25, 0.3) is 0 Å². The third-order valence-corrected chi connectivity index (χ3v) is 3.96. The molecule has 0 saturated carbocycles. The number of hydrogen-bond donors (Lipinski definition) is 1. The molecule has 2 aliphatic heterocycles. The number of nitrogens with zero attached hydrogens (tertiary/aromatic N) is 1. The van der Waals surface area contributed by atoms with E-state index < -0.39 is 0 Å². The van der Waals surface area contributed by atoms with Crippen LogP contribution in [0, 0.1) is 11.8 Å². The van der Waals surface area contributed by atoms with Gasteiger partial charge in [0.05, 0.1) is 0 Å². The molecule has 1 N–H and O–H groups in total. The van der Waals surface area contributed by atoms with Gasteiger partial charge in [-0.3, -0.25) is 0 Å². The van der Waals surface area contributed by atoms with Crippen LogP contribution in [0.15, 0.2) is 0 Å². The van der Waals surface area contributed by atoms with Gasteiger partial charge in [0.15, 0.2) is 0 Å². The van der Waals surface area contributed by atoms with Gasteiger partial charge in [0.1, 0.15) is 0 Å². The Labute approximate surface area is 93.4 Å². The average molecular weight is 206 g/mol. The van der Waals surface area contributed by atoms with Crippen LogP contribution in [0.4, 0.5) is 0 Å². The molecule has 2 bridgehead atoms. The van der Waals surface area contributed by atoms with Gasteiger partial charge in [-0.2, -0.15) is 0 Å². The maximum Gasteiger partial charge on any atom is 0.0214 e. The van der Waals surface area contributed by atoms with Crippen LogP contribution in [0.5, 0.6) is 0 Å². The second-order valence-electron chi connectivity index (χ2n) is 4.85. The largest absolute Gasteiger partial charge is 0.313 e. The summed E-state index contributed by atoms with van der Waals surface area (Å²) in [6, 6.07) is 2.44. The zero-order chi connectivity index (χ0) is 10.7. The maximum atomic E-state index is 3.65. The van der Waals surface area contributed by atoms with Gasteiger partial charge in [-0.25, -0.2) is 0 Å². The van der Waals surface area contributed by atoms with Gasteiger partial charge in [-0.15, -0.1) is 11.8 Å². The van der Waals surface area contributed by atoms with Crippen LogP contribution >= 0.6 is 0 Å². The van der Waals surface area contributed by atoms with E-state index in [4.69, 9.17) is 0 Å². The molecule has 2 atom stereocenters. The summed E-state index contributed by atoms with van der Waals surface area (Å²) in [5.41, 5.74) is 0. The summed E-state index contributed by atoms with van der Waals surface area (Å²) < 4.78 is 0. The van der Waals surface area contributed by atoms with Gasteiger partial charge in [0, 0.05) is 31.1 Å². The van der Waals surface area contributed by atoms with Crippen molar-refractivity contribution in [2.75, 3.05) is 13.6 Å². The Bertz CT molecular complexity index is 249. The van der Waals surface area contributed by atoms with Crippen molar-refractivity contribution < 1.29 is 0 Å². The van der Waals surface area contributed by atoms with Crippen LogP contribution in [-0.2, 0) is 0 Å². The number of fused-ring (bicyclic) bond motifs is 2. The van der Waals surface area contributed by atoms with Crippen LogP contribution in [0.2, 0.25) is 0 Å². The van der Waals surface area contributed by atoms with Crippen LogP contribution < -0.4 is 5.32 Å². The quantitative estimate of drug-likeness (QED) is 0.557. The van der Waals surface area contributed by atoms with Crippen molar-refractivity contribution in [2.45, 2.75) is 57.2 Å². The third-order valence-electron chi connectivity index (χ3n) is 3.96. The minimum Gasteiger partial charge on any atom is -0.313 e. The highest BCUT2D eigenvalue weighted by atomic mass is 15.2. The molecule has 2 heteroatoms. The van der Waals surface area contributed by atoms with Gasteiger partial charge in [-0.1, -0.05) is 0 Å². The Morgan fingerprint density at radius 1 is 1.27 bits per heavy atom. The smallest absolute Gasteiger partial charge is 0.0214 e. The first kappa shape index (κ1) is 11.0.